The summed E-state index contributed by atoms with van der Waals surface area (Å²) in [6.45, 7) is 3.78. The van der Waals surface area contributed by atoms with E-state index in [-0.39, 0.29) is 12.0 Å². The second kappa shape index (κ2) is 5.67. The molecule has 0 aliphatic carbocycles. The number of aliphatic imine (C=N–C) groups is 1. The lowest BCUT2D eigenvalue weighted by Gasteiger charge is -2.35. The lowest BCUT2D eigenvalue weighted by molar-refractivity contribution is -0.129. The number of rotatable bonds is 4. The van der Waals surface area contributed by atoms with Crippen molar-refractivity contribution < 1.29 is 14.3 Å². The number of amides is 1. The zero-order valence-corrected chi connectivity index (χ0v) is 11.0. The van der Waals surface area contributed by atoms with Gasteiger partial charge in [-0.15, -0.1) is 0 Å². The molecule has 0 saturated carbocycles. The average molecular weight is 255 g/mol. The third-order valence-electron chi connectivity index (χ3n) is 3.50. The molecule has 1 spiro atoms. The third-order valence-corrected chi connectivity index (χ3v) is 3.50. The summed E-state index contributed by atoms with van der Waals surface area (Å²) in [5.74, 6) is 0.578. The lowest BCUT2D eigenvalue weighted by Crippen LogP contribution is -2.53. The standard InChI is InChI=1S/C12H21N3O3/c1-3-9-8-12(4-6-18-9)10(16)14-11(15-12)13-5-7-17-2/h9H,3-8H2,1-2H3,(H2,13,14,15,16). The maximum Gasteiger partial charge on any atom is 0.252 e. The maximum atomic E-state index is 12.1. The van der Waals surface area contributed by atoms with Crippen LogP contribution >= 0.6 is 0 Å². The topological polar surface area (TPSA) is 71.9 Å². The van der Waals surface area contributed by atoms with E-state index in [1.807, 2.05) is 0 Å². The smallest absolute Gasteiger partial charge is 0.252 e. The molecule has 2 heterocycles. The van der Waals surface area contributed by atoms with E-state index in [2.05, 4.69) is 22.5 Å². The van der Waals surface area contributed by atoms with Crippen LogP contribution in [0.15, 0.2) is 4.99 Å². The fourth-order valence-corrected chi connectivity index (χ4v) is 2.40. The van der Waals surface area contributed by atoms with Gasteiger partial charge in [-0.3, -0.25) is 15.1 Å². The second-order valence-electron chi connectivity index (χ2n) is 4.74. The van der Waals surface area contributed by atoms with Crippen molar-refractivity contribution in [2.24, 2.45) is 4.99 Å². The molecule has 2 aliphatic heterocycles. The SMILES string of the molecule is CCC1CC2(CCO1)NC(=NCCOC)NC2=O. The quantitative estimate of drug-likeness (QED) is 0.696. The van der Waals surface area contributed by atoms with Gasteiger partial charge in [-0.1, -0.05) is 6.92 Å². The highest BCUT2D eigenvalue weighted by Gasteiger charge is 2.48. The van der Waals surface area contributed by atoms with Gasteiger partial charge in [0.1, 0.15) is 5.54 Å². The van der Waals surface area contributed by atoms with Crippen LogP contribution in [0.5, 0.6) is 0 Å². The van der Waals surface area contributed by atoms with Gasteiger partial charge in [-0.05, 0) is 6.42 Å². The van der Waals surface area contributed by atoms with Crippen LogP contribution in [0.2, 0.25) is 0 Å². The zero-order valence-electron chi connectivity index (χ0n) is 11.0. The molecule has 2 rings (SSSR count). The van der Waals surface area contributed by atoms with E-state index in [0.29, 0.717) is 38.6 Å². The monoisotopic (exact) mass is 255 g/mol. The van der Waals surface area contributed by atoms with Crippen molar-refractivity contribution in [1.29, 1.82) is 0 Å². The van der Waals surface area contributed by atoms with Crippen molar-refractivity contribution in [1.82, 2.24) is 10.6 Å². The number of hydrogen-bond acceptors (Lipinski definition) is 4. The van der Waals surface area contributed by atoms with E-state index in [1.165, 1.54) is 0 Å². The van der Waals surface area contributed by atoms with Gasteiger partial charge in [0, 0.05) is 26.6 Å². The van der Waals surface area contributed by atoms with Crippen LogP contribution in [0.4, 0.5) is 0 Å². The minimum absolute atomic E-state index is 0.0143. The number of nitrogens with one attached hydrogen (secondary N) is 2. The van der Waals surface area contributed by atoms with Gasteiger partial charge in [0.25, 0.3) is 5.91 Å². The number of hydrogen-bond donors (Lipinski definition) is 2. The van der Waals surface area contributed by atoms with E-state index in [1.54, 1.807) is 7.11 Å². The molecule has 2 aliphatic rings. The summed E-state index contributed by atoms with van der Waals surface area (Å²) >= 11 is 0. The average Bonchev–Trinajstić information content (AvgIpc) is 2.66. The normalized spacial score (nSPS) is 33.8. The molecule has 1 amide bonds. The van der Waals surface area contributed by atoms with Gasteiger partial charge >= 0.3 is 0 Å². The lowest BCUT2D eigenvalue weighted by atomic mass is 9.86. The molecule has 2 N–H and O–H groups in total. The van der Waals surface area contributed by atoms with E-state index >= 15 is 0 Å². The Morgan fingerprint density at radius 3 is 3.17 bits per heavy atom. The van der Waals surface area contributed by atoms with Crippen molar-refractivity contribution in [3.63, 3.8) is 0 Å². The molecule has 2 unspecified atom stereocenters. The second-order valence-corrected chi connectivity index (χ2v) is 4.74. The van der Waals surface area contributed by atoms with Crippen LogP contribution in [0.3, 0.4) is 0 Å². The minimum Gasteiger partial charge on any atom is -0.383 e. The van der Waals surface area contributed by atoms with Crippen molar-refractivity contribution in [2.75, 3.05) is 26.9 Å². The Balaban J connectivity index is 2.01. The summed E-state index contributed by atoms with van der Waals surface area (Å²) in [5, 5.41) is 6.04. The first kappa shape index (κ1) is 13.3. The van der Waals surface area contributed by atoms with Crippen LogP contribution < -0.4 is 10.6 Å². The number of methoxy groups -OCH3 is 1. The molecule has 2 saturated heterocycles. The van der Waals surface area contributed by atoms with E-state index < -0.39 is 5.54 Å². The number of ether oxygens (including phenoxy) is 2. The Bertz CT molecular complexity index is 345. The zero-order chi connectivity index (χ0) is 13.0. The first-order chi connectivity index (χ1) is 8.70. The van der Waals surface area contributed by atoms with Crippen molar-refractivity contribution >= 4 is 11.9 Å². The van der Waals surface area contributed by atoms with Gasteiger partial charge < -0.3 is 14.8 Å². The van der Waals surface area contributed by atoms with Crippen LogP contribution in [-0.4, -0.2) is 50.4 Å². The fraction of sp³-hybridized carbons (Fsp3) is 0.833. The molecule has 2 fully saturated rings. The summed E-state index contributed by atoms with van der Waals surface area (Å²) in [6, 6.07) is 0. The summed E-state index contributed by atoms with van der Waals surface area (Å²) < 4.78 is 10.5. The highest BCUT2D eigenvalue weighted by molar-refractivity contribution is 6.09. The molecule has 0 aromatic carbocycles. The Labute approximate surface area is 107 Å². The Morgan fingerprint density at radius 2 is 2.44 bits per heavy atom. The summed E-state index contributed by atoms with van der Waals surface area (Å²) in [7, 11) is 1.63. The third kappa shape index (κ3) is 2.64. The van der Waals surface area contributed by atoms with Crippen molar-refractivity contribution in [3.05, 3.63) is 0 Å². The molecule has 102 valence electrons. The summed E-state index contributed by atoms with van der Waals surface area (Å²) in [5.41, 5.74) is -0.523. The highest BCUT2D eigenvalue weighted by atomic mass is 16.5. The van der Waals surface area contributed by atoms with Gasteiger partial charge in [0.2, 0.25) is 0 Å². The molecule has 6 nitrogen and oxygen atoms in total. The number of nitrogens with zero attached hydrogens (tertiary/aromatic N) is 1. The maximum absolute atomic E-state index is 12.1. The van der Waals surface area contributed by atoms with Gasteiger partial charge in [0.15, 0.2) is 5.96 Å². The molecule has 0 radical (unpaired) electrons. The summed E-state index contributed by atoms with van der Waals surface area (Å²) in [4.78, 5) is 16.4. The van der Waals surface area contributed by atoms with Gasteiger partial charge in [0.05, 0.1) is 19.3 Å². The fourth-order valence-electron chi connectivity index (χ4n) is 2.40. The first-order valence-corrected chi connectivity index (χ1v) is 6.45. The summed E-state index contributed by atoms with van der Waals surface area (Å²) in [6.07, 6.45) is 2.47. The Hall–Kier alpha value is -1.14. The van der Waals surface area contributed by atoms with Crippen molar-refractivity contribution in [3.8, 4) is 0 Å². The number of guanidine groups is 1. The molecule has 0 aromatic heterocycles. The molecule has 0 bridgehead atoms. The van der Waals surface area contributed by atoms with Crippen LogP contribution in [0, 0.1) is 0 Å². The van der Waals surface area contributed by atoms with Crippen LogP contribution in [-0.2, 0) is 14.3 Å². The van der Waals surface area contributed by atoms with Crippen LogP contribution in [0.1, 0.15) is 26.2 Å². The molecular formula is C12H21N3O3. The van der Waals surface area contributed by atoms with Gasteiger partial charge in [-0.25, -0.2) is 0 Å². The highest BCUT2D eigenvalue weighted by Crippen LogP contribution is 2.28. The Kier molecular flexibility index (Phi) is 4.19. The molecule has 0 aromatic rings. The number of carbonyl (C=O) groups is 1. The molecule has 2 atom stereocenters. The first-order valence-electron chi connectivity index (χ1n) is 6.45. The molecule has 6 heteroatoms. The molecular weight excluding hydrogens is 234 g/mol. The van der Waals surface area contributed by atoms with E-state index in [4.69, 9.17) is 9.47 Å². The van der Waals surface area contributed by atoms with Crippen molar-refractivity contribution in [2.45, 2.75) is 37.8 Å². The Morgan fingerprint density at radius 1 is 1.61 bits per heavy atom. The molecule has 18 heavy (non-hydrogen) atoms. The predicted octanol–water partition coefficient (Wildman–Crippen LogP) is 0.0360. The largest absolute Gasteiger partial charge is 0.383 e. The number of carbonyl (C=O) groups excluding carboxylic acids is 1. The van der Waals surface area contributed by atoms with E-state index in [0.717, 1.165) is 6.42 Å². The van der Waals surface area contributed by atoms with Crippen LogP contribution in [0.25, 0.3) is 0 Å². The van der Waals surface area contributed by atoms with Gasteiger partial charge in [-0.2, -0.15) is 0 Å². The van der Waals surface area contributed by atoms with E-state index in [9.17, 15) is 4.79 Å². The minimum atomic E-state index is -0.523. The predicted molar refractivity (Wildman–Crippen MR) is 67.5 cm³/mol.